The molecule has 1 aliphatic rings. The second-order valence-corrected chi connectivity index (χ2v) is 6.77. The molecule has 0 aliphatic carbocycles. The summed E-state index contributed by atoms with van der Waals surface area (Å²) in [5.74, 6) is 0. The highest BCUT2D eigenvalue weighted by molar-refractivity contribution is 6.30. The summed E-state index contributed by atoms with van der Waals surface area (Å²) in [7, 11) is 0. The number of likely N-dealkylation sites (tertiary alicyclic amines) is 1. The number of ether oxygens (including phenoxy) is 1. The van der Waals surface area contributed by atoms with Crippen LogP contribution in [-0.4, -0.2) is 43.1 Å². The van der Waals surface area contributed by atoms with E-state index in [0.717, 1.165) is 70.0 Å². The third-order valence-corrected chi connectivity index (χ3v) is 4.64. The Morgan fingerprint density at radius 3 is 2.43 bits per heavy atom. The van der Waals surface area contributed by atoms with E-state index in [1.54, 1.807) is 0 Å². The average molecular weight is 330 g/mol. The van der Waals surface area contributed by atoms with Crippen LogP contribution >= 0.6 is 23.2 Å². The number of aryl methyl sites for hydroxylation is 1. The number of piperidine rings is 1. The molecule has 21 heavy (non-hydrogen) atoms. The predicted octanol–water partition coefficient (Wildman–Crippen LogP) is 4.38. The molecular formula is C17H25Cl2NO. The maximum atomic E-state index is 6.10. The fraction of sp³-hybridized carbons (Fsp3) is 0.647. The Morgan fingerprint density at radius 1 is 1.05 bits per heavy atom. The molecule has 0 bridgehead atoms. The number of alkyl halides is 1. The van der Waals surface area contributed by atoms with Crippen LogP contribution in [0.25, 0.3) is 0 Å². The highest BCUT2D eigenvalue weighted by Crippen LogP contribution is 2.15. The first-order valence-corrected chi connectivity index (χ1v) is 8.74. The van der Waals surface area contributed by atoms with Crippen LogP contribution in [0.1, 0.15) is 31.2 Å². The van der Waals surface area contributed by atoms with E-state index in [9.17, 15) is 0 Å². The molecule has 0 unspecified atom stereocenters. The molecule has 0 atom stereocenters. The van der Waals surface area contributed by atoms with Gasteiger partial charge in [-0.05, 0) is 62.9 Å². The topological polar surface area (TPSA) is 12.5 Å². The minimum Gasteiger partial charge on any atom is -0.381 e. The molecule has 1 fully saturated rings. The van der Waals surface area contributed by atoms with Crippen molar-refractivity contribution in [3.63, 3.8) is 0 Å². The van der Waals surface area contributed by atoms with Crippen molar-refractivity contribution in [1.29, 1.82) is 0 Å². The van der Waals surface area contributed by atoms with Gasteiger partial charge in [0.25, 0.3) is 0 Å². The third kappa shape index (κ3) is 7.01. The summed E-state index contributed by atoms with van der Waals surface area (Å²) in [6.45, 7) is 5.13. The Kier molecular flexibility index (Phi) is 7.87. The largest absolute Gasteiger partial charge is 0.381 e. The summed E-state index contributed by atoms with van der Waals surface area (Å²) < 4.78 is 5.71. The zero-order valence-electron chi connectivity index (χ0n) is 12.6. The van der Waals surface area contributed by atoms with Gasteiger partial charge in [-0.1, -0.05) is 23.7 Å². The second kappa shape index (κ2) is 9.68. The molecule has 118 valence electrons. The van der Waals surface area contributed by atoms with Crippen LogP contribution in [0, 0.1) is 0 Å². The minimum atomic E-state index is 0.394. The average Bonchev–Trinajstić information content (AvgIpc) is 2.50. The van der Waals surface area contributed by atoms with Crippen molar-refractivity contribution < 1.29 is 4.74 Å². The lowest BCUT2D eigenvalue weighted by atomic mass is 10.1. The first-order valence-electron chi connectivity index (χ1n) is 7.92. The summed E-state index contributed by atoms with van der Waals surface area (Å²) in [5, 5.41) is 1.19. The molecule has 1 aromatic rings. The fourth-order valence-corrected chi connectivity index (χ4v) is 2.97. The lowest BCUT2D eigenvalue weighted by Gasteiger charge is -2.28. The highest BCUT2D eigenvalue weighted by atomic mass is 35.5. The standard InChI is InChI=1S/C17H25Cl2NO/c18-16-6-4-15(5-7-16)3-1-13-21-14-2-10-20-11-8-17(19)9-12-20/h4-7,17H,1-3,8-14H2. The zero-order valence-corrected chi connectivity index (χ0v) is 14.1. The number of halogens is 2. The van der Waals surface area contributed by atoms with Crippen molar-refractivity contribution in [3.8, 4) is 0 Å². The van der Waals surface area contributed by atoms with Crippen LogP contribution in [0.3, 0.4) is 0 Å². The Bertz CT molecular complexity index is 388. The Hall–Kier alpha value is -0.280. The van der Waals surface area contributed by atoms with Gasteiger partial charge in [0.2, 0.25) is 0 Å². The zero-order chi connectivity index (χ0) is 14.9. The number of hydrogen-bond donors (Lipinski definition) is 0. The fourth-order valence-electron chi connectivity index (χ4n) is 2.65. The lowest BCUT2D eigenvalue weighted by Crippen LogP contribution is -2.35. The van der Waals surface area contributed by atoms with E-state index in [1.807, 2.05) is 12.1 Å². The van der Waals surface area contributed by atoms with Gasteiger partial charge in [-0.25, -0.2) is 0 Å². The van der Waals surface area contributed by atoms with Crippen molar-refractivity contribution in [3.05, 3.63) is 34.9 Å². The highest BCUT2D eigenvalue weighted by Gasteiger charge is 2.16. The van der Waals surface area contributed by atoms with Crippen LogP contribution in [-0.2, 0) is 11.2 Å². The quantitative estimate of drug-likeness (QED) is 0.518. The van der Waals surface area contributed by atoms with Crippen LogP contribution in [0.15, 0.2) is 24.3 Å². The minimum absolute atomic E-state index is 0.394. The van der Waals surface area contributed by atoms with Gasteiger partial charge in [0.05, 0.1) is 0 Å². The monoisotopic (exact) mass is 329 g/mol. The van der Waals surface area contributed by atoms with Crippen molar-refractivity contribution in [1.82, 2.24) is 4.90 Å². The molecule has 2 rings (SSSR count). The molecule has 1 saturated heterocycles. The van der Waals surface area contributed by atoms with Crippen molar-refractivity contribution in [2.24, 2.45) is 0 Å². The molecule has 4 heteroatoms. The van der Waals surface area contributed by atoms with Gasteiger partial charge in [0.1, 0.15) is 0 Å². The lowest BCUT2D eigenvalue weighted by molar-refractivity contribution is 0.115. The SMILES string of the molecule is Clc1ccc(CCCOCCCN2CCC(Cl)CC2)cc1. The Balaban J connectivity index is 1.44. The molecule has 0 radical (unpaired) electrons. The summed E-state index contributed by atoms with van der Waals surface area (Å²) in [5.41, 5.74) is 1.33. The molecule has 0 saturated carbocycles. The molecule has 0 amide bonds. The summed E-state index contributed by atoms with van der Waals surface area (Å²) in [6.07, 6.45) is 5.50. The number of hydrogen-bond acceptors (Lipinski definition) is 2. The Labute approximate surface area is 138 Å². The van der Waals surface area contributed by atoms with Crippen molar-refractivity contribution in [2.45, 2.75) is 37.5 Å². The number of rotatable bonds is 8. The number of benzene rings is 1. The third-order valence-electron chi connectivity index (χ3n) is 3.95. The van der Waals surface area contributed by atoms with Crippen molar-refractivity contribution in [2.75, 3.05) is 32.8 Å². The first-order chi connectivity index (χ1) is 10.2. The van der Waals surface area contributed by atoms with E-state index in [4.69, 9.17) is 27.9 Å². The molecular weight excluding hydrogens is 305 g/mol. The van der Waals surface area contributed by atoms with Crippen LogP contribution < -0.4 is 0 Å². The van der Waals surface area contributed by atoms with Crippen LogP contribution in [0.5, 0.6) is 0 Å². The summed E-state index contributed by atoms with van der Waals surface area (Å²) >= 11 is 12.0. The first kappa shape index (κ1) is 17.1. The molecule has 0 N–H and O–H groups in total. The van der Waals surface area contributed by atoms with E-state index in [-0.39, 0.29) is 0 Å². The maximum absolute atomic E-state index is 6.10. The van der Waals surface area contributed by atoms with Gasteiger partial charge in [-0.2, -0.15) is 0 Å². The van der Waals surface area contributed by atoms with Crippen LogP contribution in [0.4, 0.5) is 0 Å². The molecule has 1 aromatic carbocycles. The smallest absolute Gasteiger partial charge is 0.0478 e. The normalized spacial score (nSPS) is 17.2. The number of nitrogens with zero attached hydrogens (tertiary/aromatic N) is 1. The van der Waals surface area contributed by atoms with E-state index >= 15 is 0 Å². The van der Waals surface area contributed by atoms with E-state index < -0.39 is 0 Å². The molecule has 1 heterocycles. The molecule has 1 aliphatic heterocycles. The second-order valence-electron chi connectivity index (χ2n) is 5.71. The molecule has 0 spiro atoms. The van der Waals surface area contributed by atoms with Gasteiger partial charge in [0, 0.05) is 30.2 Å². The van der Waals surface area contributed by atoms with Gasteiger partial charge in [0.15, 0.2) is 0 Å². The van der Waals surface area contributed by atoms with Crippen LogP contribution in [0.2, 0.25) is 5.02 Å². The summed E-state index contributed by atoms with van der Waals surface area (Å²) in [6, 6.07) is 8.06. The van der Waals surface area contributed by atoms with Gasteiger partial charge < -0.3 is 9.64 Å². The van der Waals surface area contributed by atoms with Gasteiger partial charge >= 0.3 is 0 Å². The summed E-state index contributed by atoms with van der Waals surface area (Å²) in [4.78, 5) is 2.50. The molecule has 2 nitrogen and oxygen atoms in total. The van der Waals surface area contributed by atoms with Crippen molar-refractivity contribution >= 4 is 23.2 Å². The Morgan fingerprint density at radius 2 is 1.71 bits per heavy atom. The predicted molar refractivity (Wildman–Crippen MR) is 90.5 cm³/mol. The maximum Gasteiger partial charge on any atom is 0.0478 e. The van der Waals surface area contributed by atoms with E-state index in [2.05, 4.69) is 17.0 Å². The van der Waals surface area contributed by atoms with Gasteiger partial charge in [-0.3, -0.25) is 0 Å². The van der Waals surface area contributed by atoms with Gasteiger partial charge in [-0.15, -0.1) is 11.6 Å². The molecule has 0 aromatic heterocycles. The van der Waals surface area contributed by atoms with E-state index in [0.29, 0.717) is 5.38 Å². The van der Waals surface area contributed by atoms with E-state index in [1.165, 1.54) is 5.56 Å².